The number of oxime groups is 1. The Morgan fingerprint density at radius 3 is 2.53 bits per heavy atom. The van der Waals surface area contributed by atoms with Crippen LogP contribution in [-0.2, 0) is 11.4 Å². The molecule has 1 atom stereocenters. The van der Waals surface area contributed by atoms with E-state index in [4.69, 9.17) is 16.0 Å². The summed E-state index contributed by atoms with van der Waals surface area (Å²) >= 11 is 0. The first-order valence-corrected chi connectivity index (χ1v) is 5.06. The van der Waals surface area contributed by atoms with E-state index in [1.807, 2.05) is 0 Å². The first-order valence-electron chi connectivity index (χ1n) is 5.06. The molecule has 0 heterocycles. The fourth-order valence-corrected chi connectivity index (χ4v) is 1.16. The average Bonchev–Trinajstić information content (AvgIpc) is 2.37. The van der Waals surface area contributed by atoms with Crippen LogP contribution in [0.15, 0.2) is 29.4 Å². The maximum absolute atomic E-state index is 11.6. The van der Waals surface area contributed by atoms with Gasteiger partial charge in [-0.15, -0.1) is 0 Å². The topological polar surface area (TPSA) is 108 Å². The number of carbonyl (C=O) groups is 1. The van der Waals surface area contributed by atoms with Gasteiger partial charge in [0.25, 0.3) is 0 Å². The summed E-state index contributed by atoms with van der Waals surface area (Å²) in [5.74, 6) is -1.22. The van der Waals surface area contributed by atoms with Crippen molar-refractivity contribution < 1.29 is 15.1 Å². The highest BCUT2D eigenvalue weighted by molar-refractivity contribution is 6.07. The molecular weight excluding hydrogens is 222 g/mol. The Morgan fingerprint density at radius 2 is 2.06 bits per heavy atom. The van der Waals surface area contributed by atoms with E-state index in [0.717, 1.165) is 5.56 Å². The fraction of sp³-hybridized carbons (Fsp3) is 0.273. The third kappa shape index (κ3) is 3.46. The van der Waals surface area contributed by atoms with E-state index in [9.17, 15) is 4.79 Å². The number of nitrogens with two attached hydrogens (primary N) is 1. The number of amides is 1. The second kappa shape index (κ2) is 5.86. The molecule has 17 heavy (non-hydrogen) atoms. The molecule has 1 aromatic carbocycles. The van der Waals surface area contributed by atoms with Gasteiger partial charge in [-0.2, -0.15) is 0 Å². The monoisotopic (exact) mass is 237 g/mol. The van der Waals surface area contributed by atoms with Crippen LogP contribution in [-0.4, -0.2) is 22.1 Å². The molecule has 6 nitrogen and oxygen atoms in total. The molecule has 0 saturated heterocycles. The highest BCUT2D eigenvalue weighted by Crippen LogP contribution is 2.11. The maximum atomic E-state index is 11.6. The lowest BCUT2D eigenvalue weighted by molar-refractivity contribution is -0.117. The minimum Gasteiger partial charge on any atom is -0.409 e. The number of nitrogens with one attached hydrogen (secondary N) is 1. The number of rotatable bonds is 4. The Hall–Kier alpha value is -2.08. The smallest absolute Gasteiger partial charge is 0.234 e. The zero-order valence-electron chi connectivity index (χ0n) is 9.42. The van der Waals surface area contributed by atoms with E-state index in [1.165, 1.54) is 6.92 Å². The van der Waals surface area contributed by atoms with Gasteiger partial charge in [-0.1, -0.05) is 17.3 Å². The standard InChI is InChI=1S/C11H15N3O3/c1-7(10(12)14-17)11(16)13-9-4-2-8(6-15)3-5-9/h2-5,7,15,17H,6H2,1H3,(H2,12,14)(H,13,16). The van der Waals surface area contributed by atoms with Crippen LogP contribution in [0.3, 0.4) is 0 Å². The lowest BCUT2D eigenvalue weighted by Gasteiger charge is -2.10. The number of hydrogen-bond donors (Lipinski definition) is 4. The predicted molar refractivity (Wildman–Crippen MR) is 63.6 cm³/mol. The first kappa shape index (κ1) is 13.0. The molecule has 0 aliphatic heterocycles. The molecule has 0 bridgehead atoms. The van der Waals surface area contributed by atoms with Gasteiger partial charge in [-0.3, -0.25) is 4.79 Å². The number of benzene rings is 1. The second-order valence-electron chi connectivity index (χ2n) is 3.59. The largest absolute Gasteiger partial charge is 0.409 e. The molecule has 0 fully saturated rings. The molecule has 1 rings (SSSR count). The van der Waals surface area contributed by atoms with Crippen LogP contribution < -0.4 is 11.1 Å². The third-order valence-corrected chi connectivity index (χ3v) is 2.36. The molecule has 0 spiro atoms. The van der Waals surface area contributed by atoms with E-state index in [0.29, 0.717) is 5.69 Å². The summed E-state index contributed by atoms with van der Waals surface area (Å²) in [6, 6.07) is 6.73. The van der Waals surface area contributed by atoms with Gasteiger partial charge in [0.2, 0.25) is 5.91 Å². The molecule has 0 aliphatic rings. The summed E-state index contributed by atoms with van der Waals surface area (Å²) in [7, 11) is 0. The Kier molecular flexibility index (Phi) is 4.47. The number of amidine groups is 1. The van der Waals surface area contributed by atoms with Crippen molar-refractivity contribution in [1.29, 1.82) is 0 Å². The van der Waals surface area contributed by atoms with Crippen molar-refractivity contribution in [1.82, 2.24) is 0 Å². The molecule has 1 unspecified atom stereocenters. The molecular formula is C11H15N3O3. The SMILES string of the molecule is CC(C(=O)Nc1ccc(CO)cc1)/C(N)=N/O. The molecule has 0 aliphatic carbocycles. The molecule has 92 valence electrons. The molecule has 1 amide bonds. The van der Waals surface area contributed by atoms with Crippen LogP contribution >= 0.6 is 0 Å². The summed E-state index contributed by atoms with van der Waals surface area (Å²) in [5.41, 5.74) is 6.67. The van der Waals surface area contributed by atoms with Gasteiger partial charge in [0, 0.05) is 5.69 Å². The summed E-state index contributed by atoms with van der Waals surface area (Å²) in [5, 5.41) is 22.7. The summed E-state index contributed by atoms with van der Waals surface area (Å²) in [4.78, 5) is 11.6. The second-order valence-corrected chi connectivity index (χ2v) is 3.59. The number of hydrogen-bond acceptors (Lipinski definition) is 4. The van der Waals surface area contributed by atoms with Crippen LogP contribution in [0, 0.1) is 5.92 Å². The van der Waals surface area contributed by atoms with Gasteiger partial charge in [0.05, 0.1) is 12.5 Å². The summed E-state index contributed by atoms with van der Waals surface area (Å²) in [6.45, 7) is 1.49. The van der Waals surface area contributed by atoms with E-state index in [1.54, 1.807) is 24.3 Å². The van der Waals surface area contributed by atoms with Crippen LogP contribution in [0.25, 0.3) is 0 Å². The Labute approximate surface area is 98.7 Å². The number of anilines is 1. The van der Waals surface area contributed by atoms with Crippen LogP contribution in [0.2, 0.25) is 0 Å². The maximum Gasteiger partial charge on any atom is 0.234 e. The van der Waals surface area contributed by atoms with Crippen molar-refractivity contribution in [2.45, 2.75) is 13.5 Å². The van der Waals surface area contributed by atoms with Gasteiger partial charge in [-0.05, 0) is 24.6 Å². The molecule has 0 aromatic heterocycles. The fourth-order valence-electron chi connectivity index (χ4n) is 1.16. The van der Waals surface area contributed by atoms with Crippen molar-refractivity contribution >= 4 is 17.4 Å². The van der Waals surface area contributed by atoms with E-state index >= 15 is 0 Å². The van der Waals surface area contributed by atoms with Crippen molar-refractivity contribution in [2.24, 2.45) is 16.8 Å². The van der Waals surface area contributed by atoms with Gasteiger partial charge in [0.15, 0.2) is 5.84 Å². The lowest BCUT2D eigenvalue weighted by atomic mass is 10.1. The molecule has 6 heteroatoms. The van der Waals surface area contributed by atoms with Gasteiger partial charge >= 0.3 is 0 Å². The van der Waals surface area contributed by atoms with Gasteiger partial charge in [0.1, 0.15) is 0 Å². The van der Waals surface area contributed by atoms with Crippen molar-refractivity contribution in [3.05, 3.63) is 29.8 Å². The normalized spacial score (nSPS) is 13.2. The van der Waals surface area contributed by atoms with Crippen LogP contribution in [0.5, 0.6) is 0 Å². The quantitative estimate of drug-likeness (QED) is 0.264. The zero-order valence-corrected chi connectivity index (χ0v) is 9.42. The van der Waals surface area contributed by atoms with E-state index in [-0.39, 0.29) is 18.3 Å². The summed E-state index contributed by atoms with van der Waals surface area (Å²) < 4.78 is 0. The van der Waals surface area contributed by atoms with Gasteiger partial charge in [-0.25, -0.2) is 0 Å². The number of carbonyl (C=O) groups excluding carboxylic acids is 1. The van der Waals surface area contributed by atoms with E-state index < -0.39 is 5.92 Å². The summed E-state index contributed by atoms with van der Waals surface area (Å²) in [6.07, 6.45) is 0. The minimum absolute atomic E-state index is 0.0469. The number of aliphatic hydroxyl groups excluding tert-OH is 1. The van der Waals surface area contributed by atoms with Crippen molar-refractivity contribution in [2.75, 3.05) is 5.32 Å². The highest BCUT2D eigenvalue weighted by Gasteiger charge is 2.17. The van der Waals surface area contributed by atoms with Crippen molar-refractivity contribution in [3.63, 3.8) is 0 Å². The Bertz CT molecular complexity index is 414. The molecule has 5 N–H and O–H groups in total. The highest BCUT2D eigenvalue weighted by atomic mass is 16.4. The van der Waals surface area contributed by atoms with E-state index in [2.05, 4.69) is 10.5 Å². The molecule has 1 aromatic rings. The Balaban J connectivity index is 2.67. The minimum atomic E-state index is -0.711. The van der Waals surface area contributed by atoms with Gasteiger partial charge < -0.3 is 21.4 Å². The third-order valence-electron chi connectivity index (χ3n) is 2.36. The van der Waals surface area contributed by atoms with Crippen LogP contribution in [0.1, 0.15) is 12.5 Å². The van der Waals surface area contributed by atoms with Crippen LogP contribution in [0.4, 0.5) is 5.69 Å². The first-order chi connectivity index (χ1) is 8.08. The number of aliphatic hydroxyl groups is 1. The zero-order chi connectivity index (χ0) is 12.8. The number of nitrogens with zero attached hydrogens (tertiary/aromatic N) is 1. The molecule has 0 saturated carbocycles. The Morgan fingerprint density at radius 1 is 1.47 bits per heavy atom. The lowest BCUT2D eigenvalue weighted by Crippen LogP contribution is -2.32. The average molecular weight is 237 g/mol. The van der Waals surface area contributed by atoms with Crippen molar-refractivity contribution in [3.8, 4) is 0 Å². The predicted octanol–water partition coefficient (Wildman–Crippen LogP) is 0.500. The molecule has 0 radical (unpaired) electrons.